The van der Waals surface area contributed by atoms with Gasteiger partial charge in [0.1, 0.15) is 0 Å². The van der Waals surface area contributed by atoms with Gasteiger partial charge in [0.2, 0.25) is 0 Å². The molecule has 0 aliphatic rings. The Morgan fingerprint density at radius 3 is 2.82 bits per heavy atom. The van der Waals surface area contributed by atoms with Crippen molar-refractivity contribution < 1.29 is 9.53 Å². The molecule has 0 N–H and O–H groups in total. The predicted octanol–water partition coefficient (Wildman–Crippen LogP) is 2.64. The Kier molecular flexibility index (Phi) is 6.03. The molecule has 5 heteroatoms. The van der Waals surface area contributed by atoms with E-state index in [9.17, 15) is 4.79 Å². The van der Waals surface area contributed by atoms with Crippen LogP contribution in [0.2, 0.25) is 0 Å². The highest BCUT2D eigenvalue weighted by atomic mass is 16.5. The van der Waals surface area contributed by atoms with Crippen LogP contribution in [0, 0.1) is 0 Å². The Labute approximate surface area is 131 Å². The van der Waals surface area contributed by atoms with Crippen LogP contribution < -0.4 is 0 Å². The standard InChI is InChI=1S/C17H21N3O2/c1-3-9-20(10-11-22-2)17(21)15-6-4-5-14(12-15)16-13-18-7-8-19-16/h4-8,12-13H,3,9-11H2,1-2H3. The first-order chi connectivity index (χ1) is 10.8. The first-order valence-corrected chi connectivity index (χ1v) is 7.41. The number of benzene rings is 1. The quantitative estimate of drug-likeness (QED) is 0.788. The van der Waals surface area contributed by atoms with Crippen molar-refractivity contribution in [3.05, 3.63) is 48.4 Å². The third-order valence-corrected chi connectivity index (χ3v) is 3.31. The largest absolute Gasteiger partial charge is 0.383 e. The van der Waals surface area contributed by atoms with Crippen LogP contribution in [0.5, 0.6) is 0 Å². The lowest BCUT2D eigenvalue weighted by atomic mass is 10.1. The lowest BCUT2D eigenvalue weighted by Crippen LogP contribution is -2.34. The first-order valence-electron chi connectivity index (χ1n) is 7.41. The fraction of sp³-hybridized carbons (Fsp3) is 0.353. The highest BCUT2D eigenvalue weighted by molar-refractivity contribution is 5.95. The van der Waals surface area contributed by atoms with Crippen LogP contribution >= 0.6 is 0 Å². The van der Waals surface area contributed by atoms with E-state index in [1.165, 1.54) is 0 Å². The molecule has 0 bridgehead atoms. The van der Waals surface area contributed by atoms with Crippen LogP contribution in [0.15, 0.2) is 42.9 Å². The molecule has 0 radical (unpaired) electrons. The molecule has 0 saturated carbocycles. The lowest BCUT2D eigenvalue weighted by Gasteiger charge is -2.22. The number of aromatic nitrogens is 2. The van der Waals surface area contributed by atoms with Gasteiger partial charge in [0, 0.05) is 43.7 Å². The molecule has 22 heavy (non-hydrogen) atoms. The summed E-state index contributed by atoms with van der Waals surface area (Å²) < 4.78 is 5.09. The third kappa shape index (κ3) is 4.11. The second-order valence-electron chi connectivity index (χ2n) is 4.96. The molecule has 0 fully saturated rings. The molecule has 0 aliphatic carbocycles. The van der Waals surface area contributed by atoms with Crippen LogP contribution in [0.1, 0.15) is 23.7 Å². The average molecular weight is 299 g/mol. The number of amides is 1. The fourth-order valence-electron chi connectivity index (χ4n) is 2.23. The number of hydrogen-bond acceptors (Lipinski definition) is 4. The second-order valence-corrected chi connectivity index (χ2v) is 4.96. The van der Waals surface area contributed by atoms with Crippen molar-refractivity contribution in [1.29, 1.82) is 0 Å². The molecule has 0 aliphatic heterocycles. The van der Waals surface area contributed by atoms with Crippen LogP contribution in [-0.2, 0) is 4.74 Å². The van der Waals surface area contributed by atoms with E-state index in [4.69, 9.17) is 4.74 Å². The number of hydrogen-bond donors (Lipinski definition) is 0. The van der Waals surface area contributed by atoms with Crippen molar-refractivity contribution in [2.45, 2.75) is 13.3 Å². The zero-order valence-corrected chi connectivity index (χ0v) is 13.0. The second kappa shape index (κ2) is 8.24. The van der Waals surface area contributed by atoms with Gasteiger partial charge in [-0.25, -0.2) is 0 Å². The minimum absolute atomic E-state index is 0.0182. The topological polar surface area (TPSA) is 55.3 Å². The maximum absolute atomic E-state index is 12.7. The van der Waals surface area contributed by atoms with Crippen LogP contribution in [0.25, 0.3) is 11.3 Å². The monoisotopic (exact) mass is 299 g/mol. The Bertz CT molecular complexity index is 602. The van der Waals surface area contributed by atoms with Crippen molar-refractivity contribution in [3.8, 4) is 11.3 Å². The summed E-state index contributed by atoms with van der Waals surface area (Å²) in [6, 6.07) is 7.50. The summed E-state index contributed by atoms with van der Waals surface area (Å²) in [6.45, 7) is 3.91. The highest BCUT2D eigenvalue weighted by Gasteiger charge is 2.15. The molecule has 0 spiro atoms. The summed E-state index contributed by atoms with van der Waals surface area (Å²) in [5.41, 5.74) is 2.31. The van der Waals surface area contributed by atoms with Crippen molar-refractivity contribution in [1.82, 2.24) is 14.9 Å². The van der Waals surface area contributed by atoms with E-state index in [1.54, 1.807) is 25.7 Å². The Morgan fingerprint density at radius 2 is 2.14 bits per heavy atom. The molecule has 5 nitrogen and oxygen atoms in total. The fourth-order valence-corrected chi connectivity index (χ4v) is 2.23. The average Bonchev–Trinajstić information content (AvgIpc) is 2.59. The predicted molar refractivity (Wildman–Crippen MR) is 85.5 cm³/mol. The van der Waals surface area contributed by atoms with Crippen LogP contribution in [0.3, 0.4) is 0 Å². The molecular weight excluding hydrogens is 278 g/mol. The van der Waals surface area contributed by atoms with E-state index in [2.05, 4.69) is 16.9 Å². The van der Waals surface area contributed by atoms with Gasteiger partial charge in [0.25, 0.3) is 5.91 Å². The zero-order chi connectivity index (χ0) is 15.8. The number of carbonyl (C=O) groups is 1. The van der Waals surface area contributed by atoms with E-state index in [1.807, 2.05) is 29.2 Å². The summed E-state index contributed by atoms with van der Waals surface area (Å²) in [5.74, 6) is 0.0182. The van der Waals surface area contributed by atoms with Gasteiger partial charge >= 0.3 is 0 Å². The molecule has 1 aromatic heterocycles. The molecule has 0 unspecified atom stereocenters. The normalized spacial score (nSPS) is 10.5. The molecule has 1 aromatic carbocycles. The smallest absolute Gasteiger partial charge is 0.253 e. The number of rotatable bonds is 7. The van der Waals surface area contributed by atoms with Gasteiger partial charge in [-0.15, -0.1) is 0 Å². The number of nitrogens with zero attached hydrogens (tertiary/aromatic N) is 3. The van der Waals surface area contributed by atoms with Crippen molar-refractivity contribution >= 4 is 5.91 Å². The zero-order valence-electron chi connectivity index (χ0n) is 13.0. The summed E-state index contributed by atoms with van der Waals surface area (Å²) in [4.78, 5) is 22.8. The summed E-state index contributed by atoms with van der Waals surface area (Å²) in [7, 11) is 1.64. The van der Waals surface area contributed by atoms with Gasteiger partial charge < -0.3 is 9.64 Å². The lowest BCUT2D eigenvalue weighted by molar-refractivity contribution is 0.0695. The van der Waals surface area contributed by atoms with Crippen molar-refractivity contribution in [2.75, 3.05) is 26.8 Å². The van der Waals surface area contributed by atoms with Crippen LogP contribution in [0.4, 0.5) is 0 Å². The molecule has 116 valence electrons. The van der Waals surface area contributed by atoms with Gasteiger partial charge in [0.05, 0.1) is 18.5 Å². The summed E-state index contributed by atoms with van der Waals surface area (Å²) >= 11 is 0. The molecule has 2 rings (SSSR count). The summed E-state index contributed by atoms with van der Waals surface area (Å²) in [6.07, 6.45) is 5.88. The minimum Gasteiger partial charge on any atom is -0.383 e. The van der Waals surface area contributed by atoms with Gasteiger partial charge in [-0.05, 0) is 18.6 Å². The van der Waals surface area contributed by atoms with E-state index in [-0.39, 0.29) is 5.91 Å². The third-order valence-electron chi connectivity index (χ3n) is 3.31. The molecule has 1 heterocycles. The first kappa shape index (κ1) is 16.1. The van der Waals surface area contributed by atoms with Crippen molar-refractivity contribution in [2.24, 2.45) is 0 Å². The maximum Gasteiger partial charge on any atom is 0.253 e. The van der Waals surface area contributed by atoms with E-state index < -0.39 is 0 Å². The SMILES string of the molecule is CCCN(CCOC)C(=O)c1cccc(-c2cnccn2)c1. The van der Waals surface area contributed by atoms with E-state index in [0.29, 0.717) is 18.7 Å². The number of methoxy groups -OCH3 is 1. The molecular formula is C17H21N3O2. The molecule has 2 aromatic rings. The Hall–Kier alpha value is -2.27. The van der Waals surface area contributed by atoms with Gasteiger partial charge in [0.15, 0.2) is 0 Å². The Balaban J connectivity index is 2.22. The van der Waals surface area contributed by atoms with Crippen LogP contribution in [-0.4, -0.2) is 47.6 Å². The highest BCUT2D eigenvalue weighted by Crippen LogP contribution is 2.18. The molecule has 0 atom stereocenters. The van der Waals surface area contributed by atoms with Crippen molar-refractivity contribution in [3.63, 3.8) is 0 Å². The van der Waals surface area contributed by atoms with Gasteiger partial charge in [-0.1, -0.05) is 19.1 Å². The number of carbonyl (C=O) groups excluding carboxylic acids is 1. The summed E-state index contributed by atoms with van der Waals surface area (Å²) in [5, 5.41) is 0. The van der Waals surface area contributed by atoms with E-state index >= 15 is 0 Å². The van der Waals surface area contributed by atoms with Gasteiger partial charge in [-0.3, -0.25) is 14.8 Å². The molecule has 0 saturated heterocycles. The van der Waals surface area contributed by atoms with E-state index in [0.717, 1.165) is 24.2 Å². The van der Waals surface area contributed by atoms with Gasteiger partial charge in [-0.2, -0.15) is 0 Å². The molecule has 1 amide bonds. The minimum atomic E-state index is 0.0182. The maximum atomic E-state index is 12.7. The number of ether oxygens (including phenoxy) is 1. The Morgan fingerprint density at radius 1 is 1.27 bits per heavy atom.